The summed E-state index contributed by atoms with van der Waals surface area (Å²) in [5, 5.41) is 0. The van der Waals surface area contributed by atoms with Gasteiger partial charge in [-0.1, -0.05) is 29.5 Å². The van der Waals surface area contributed by atoms with Gasteiger partial charge in [-0.15, -0.1) is 0 Å². The fourth-order valence-corrected chi connectivity index (χ4v) is 3.32. The zero-order valence-corrected chi connectivity index (χ0v) is 15.2. The van der Waals surface area contributed by atoms with E-state index < -0.39 is 11.7 Å². The van der Waals surface area contributed by atoms with Crippen LogP contribution in [0.1, 0.15) is 11.1 Å². The lowest BCUT2D eigenvalue weighted by Gasteiger charge is -2.20. The summed E-state index contributed by atoms with van der Waals surface area (Å²) in [5.41, 5.74) is 2.21. The average molecular weight is 373 g/mol. The van der Waals surface area contributed by atoms with Gasteiger partial charge in [0.05, 0.1) is 5.56 Å². The predicted octanol–water partition coefficient (Wildman–Crippen LogP) is 6.93. The molecule has 0 amide bonds. The second-order valence-corrected chi connectivity index (χ2v) is 7.16. The Labute approximate surface area is 155 Å². The predicted molar refractivity (Wildman–Crippen MR) is 101 cm³/mol. The van der Waals surface area contributed by atoms with Crippen molar-refractivity contribution in [3.63, 3.8) is 0 Å². The van der Waals surface area contributed by atoms with Crippen molar-refractivity contribution < 1.29 is 13.2 Å². The molecule has 0 spiro atoms. The quantitative estimate of drug-likeness (QED) is 0.488. The molecule has 0 heterocycles. The summed E-state index contributed by atoms with van der Waals surface area (Å²) >= 11 is 1.67. The van der Waals surface area contributed by atoms with E-state index in [1.165, 1.54) is 22.6 Å². The van der Waals surface area contributed by atoms with Gasteiger partial charge in [0.2, 0.25) is 0 Å². The van der Waals surface area contributed by atoms with Gasteiger partial charge in [0.25, 0.3) is 0 Å². The Kier molecular flexibility index (Phi) is 5.28. The Morgan fingerprint density at radius 2 is 1.12 bits per heavy atom. The number of halogens is 3. The maximum atomic E-state index is 12.7. The van der Waals surface area contributed by atoms with E-state index in [-0.39, 0.29) is 0 Å². The summed E-state index contributed by atoms with van der Waals surface area (Å²) < 4.78 is 38.0. The van der Waals surface area contributed by atoms with E-state index in [2.05, 4.69) is 31.2 Å². The maximum Gasteiger partial charge on any atom is 0.416 e. The molecule has 3 aromatic carbocycles. The van der Waals surface area contributed by atoms with Crippen LogP contribution in [0.3, 0.4) is 0 Å². The van der Waals surface area contributed by atoms with E-state index >= 15 is 0 Å². The van der Waals surface area contributed by atoms with Gasteiger partial charge in [-0.3, -0.25) is 0 Å². The third-order valence-corrected chi connectivity index (χ3v) is 5.08. The molecule has 3 rings (SSSR count). The molecule has 0 saturated heterocycles. The average Bonchev–Trinajstić information content (AvgIpc) is 2.63. The topological polar surface area (TPSA) is 3.24 Å². The molecule has 0 aromatic heterocycles. The zero-order chi connectivity index (χ0) is 18.7. The third-order valence-electron chi connectivity index (χ3n) is 4.06. The molecule has 1 nitrogen and oxygen atoms in total. The van der Waals surface area contributed by atoms with E-state index in [1.807, 2.05) is 36.2 Å². The molecule has 3 aromatic rings. The number of aryl methyl sites for hydroxylation is 1. The minimum Gasteiger partial charge on any atom is -0.345 e. The first kappa shape index (κ1) is 18.4. The Morgan fingerprint density at radius 3 is 1.58 bits per heavy atom. The monoisotopic (exact) mass is 373 g/mol. The fourth-order valence-electron chi connectivity index (χ4n) is 2.50. The molecular formula is C21H18F3NS. The maximum absolute atomic E-state index is 12.7. The van der Waals surface area contributed by atoms with Crippen LogP contribution in [-0.2, 0) is 6.18 Å². The molecular weight excluding hydrogens is 355 g/mol. The Balaban J connectivity index is 1.72. The molecule has 0 aliphatic rings. The highest BCUT2D eigenvalue weighted by molar-refractivity contribution is 7.99. The number of nitrogens with zero attached hydrogens (tertiary/aromatic N) is 1. The van der Waals surface area contributed by atoms with Gasteiger partial charge in [-0.2, -0.15) is 13.2 Å². The van der Waals surface area contributed by atoms with Crippen LogP contribution in [0.25, 0.3) is 0 Å². The summed E-state index contributed by atoms with van der Waals surface area (Å²) in [6.45, 7) is 2.06. The van der Waals surface area contributed by atoms with Crippen molar-refractivity contribution in [2.45, 2.75) is 22.9 Å². The van der Waals surface area contributed by atoms with Gasteiger partial charge in [0.15, 0.2) is 0 Å². The van der Waals surface area contributed by atoms with Crippen LogP contribution in [0.2, 0.25) is 0 Å². The van der Waals surface area contributed by atoms with Gasteiger partial charge >= 0.3 is 6.18 Å². The molecule has 0 aliphatic carbocycles. The number of hydrogen-bond acceptors (Lipinski definition) is 2. The van der Waals surface area contributed by atoms with Crippen LogP contribution in [0.5, 0.6) is 0 Å². The molecule has 0 fully saturated rings. The summed E-state index contributed by atoms with van der Waals surface area (Å²) in [7, 11) is 1.84. The Hall–Kier alpha value is -2.40. The van der Waals surface area contributed by atoms with Crippen molar-refractivity contribution in [1.82, 2.24) is 0 Å². The summed E-state index contributed by atoms with van der Waals surface area (Å²) in [6.07, 6.45) is -4.31. The number of rotatable bonds is 4. The van der Waals surface area contributed by atoms with Gasteiger partial charge in [-0.05, 0) is 67.6 Å². The summed E-state index contributed by atoms with van der Waals surface area (Å²) in [5.74, 6) is 0. The summed E-state index contributed by atoms with van der Waals surface area (Å²) in [4.78, 5) is 4.14. The lowest BCUT2D eigenvalue weighted by Crippen LogP contribution is -2.10. The molecule has 0 unspecified atom stereocenters. The van der Waals surface area contributed by atoms with E-state index in [4.69, 9.17) is 0 Å². The minimum atomic E-state index is -4.31. The van der Waals surface area contributed by atoms with Crippen LogP contribution in [0, 0.1) is 6.92 Å². The molecule has 0 atom stereocenters. The molecule has 0 saturated carbocycles. The molecule has 0 aliphatic heterocycles. The molecule has 26 heavy (non-hydrogen) atoms. The normalized spacial score (nSPS) is 11.4. The lowest BCUT2D eigenvalue weighted by molar-refractivity contribution is -0.137. The van der Waals surface area contributed by atoms with Crippen LogP contribution >= 0.6 is 11.8 Å². The van der Waals surface area contributed by atoms with Gasteiger partial charge < -0.3 is 4.90 Å². The number of hydrogen-bond donors (Lipinski definition) is 0. The van der Waals surface area contributed by atoms with Gasteiger partial charge in [-0.25, -0.2) is 0 Å². The number of anilines is 2. The van der Waals surface area contributed by atoms with Gasteiger partial charge in [0, 0.05) is 28.2 Å². The van der Waals surface area contributed by atoms with E-state index in [0.717, 1.165) is 22.7 Å². The number of benzene rings is 3. The van der Waals surface area contributed by atoms with E-state index in [0.29, 0.717) is 5.69 Å². The first-order valence-electron chi connectivity index (χ1n) is 8.08. The highest BCUT2D eigenvalue weighted by Crippen LogP contribution is 2.33. The molecule has 134 valence electrons. The largest absolute Gasteiger partial charge is 0.416 e. The minimum absolute atomic E-state index is 0.639. The third kappa shape index (κ3) is 4.41. The van der Waals surface area contributed by atoms with Crippen LogP contribution < -0.4 is 4.90 Å². The SMILES string of the molecule is Cc1ccc(Sc2ccc(N(C)c3ccc(C(F)(F)F)cc3)cc2)cc1. The highest BCUT2D eigenvalue weighted by Gasteiger charge is 2.30. The number of alkyl halides is 3. The fraction of sp³-hybridized carbons (Fsp3) is 0.143. The first-order valence-corrected chi connectivity index (χ1v) is 8.90. The van der Waals surface area contributed by atoms with Crippen molar-refractivity contribution in [2.24, 2.45) is 0 Å². The Bertz CT molecular complexity index is 854. The van der Waals surface area contributed by atoms with Crippen molar-refractivity contribution in [3.05, 3.63) is 83.9 Å². The standard InChI is InChI=1S/C21H18F3NS/c1-15-3-11-19(12-4-15)26-20-13-9-18(10-14-20)25(2)17-7-5-16(6-8-17)21(22,23)24/h3-14H,1-2H3. The molecule has 5 heteroatoms. The van der Waals surface area contributed by atoms with Gasteiger partial charge in [0.1, 0.15) is 0 Å². The van der Waals surface area contributed by atoms with Crippen molar-refractivity contribution in [1.29, 1.82) is 0 Å². The van der Waals surface area contributed by atoms with Crippen molar-refractivity contribution in [3.8, 4) is 0 Å². The smallest absolute Gasteiger partial charge is 0.345 e. The second kappa shape index (κ2) is 7.46. The van der Waals surface area contributed by atoms with E-state index in [1.54, 1.807) is 11.8 Å². The molecule has 0 bridgehead atoms. The first-order chi connectivity index (χ1) is 12.3. The van der Waals surface area contributed by atoms with Crippen LogP contribution in [0.15, 0.2) is 82.6 Å². The molecule has 0 radical (unpaired) electrons. The summed E-state index contributed by atoms with van der Waals surface area (Å²) in [6, 6.07) is 21.5. The van der Waals surface area contributed by atoms with Crippen LogP contribution in [0.4, 0.5) is 24.5 Å². The molecule has 0 N–H and O–H groups in total. The lowest BCUT2D eigenvalue weighted by atomic mass is 10.2. The van der Waals surface area contributed by atoms with Crippen molar-refractivity contribution in [2.75, 3.05) is 11.9 Å². The second-order valence-electron chi connectivity index (χ2n) is 6.01. The van der Waals surface area contributed by atoms with E-state index in [9.17, 15) is 13.2 Å². The highest BCUT2D eigenvalue weighted by atomic mass is 32.2. The Morgan fingerprint density at radius 1 is 0.692 bits per heavy atom. The van der Waals surface area contributed by atoms with Crippen molar-refractivity contribution >= 4 is 23.1 Å². The zero-order valence-electron chi connectivity index (χ0n) is 14.4. The van der Waals surface area contributed by atoms with Crippen LogP contribution in [-0.4, -0.2) is 7.05 Å².